The van der Waals surface area contributed by atoms with Crippen LogP contribution in [0, 0.1) is 17.8 Å². The third-order valence-electron chi connectivity index (χ3n) is 14.6. The number of hydrogen-bond acceptors (Lipinski definition) is 21. The number of carbonyl (C=O) groups excluding carboxylic acids is 4. The van der Waals surface area contributed by atoms with Gasteiger partial charge >= 0.3 is 11.9 Å². The van der Waals surface area contributed by atoms with Gasteiger partial charge in [-0.3, -0.25) is 19.2 Å². The number of benzene rings is 1. The van der Waals surface area contributed by atoms with E-state index in [-0.39, 0.29) is 36.9 Å². The van der Waals surface area contributed by atoms with Crippen molar-refractivity contribution in [3.05, 3.63) is 115 Å². The molecular formula is C60H88N2O19. The Balaban J connectivity index is 1.54. The van der Waals surface area contributed by atoms with Crippen molar-refractivity contribution < 1.29 is 93.9 Å². The molecule has 0 spiro atoms. The SMILES string of the molecule is CNc1ccc(C(=O)CC(O)CCC(C)C2OC(=O)CC(O)CC(=O)CC(O)CC(O)CC(O)CC(O)CC3(O)CC(O)C(C(=O)OC)C(O3)C(OC3O[C@H](C)[C@@H](O)[C@H](N)[C@@H]3O)C/C=C/C=C/C=C/C=C/C=C/C=C/C=C/C2C)cc1. The van der Waals surface area contributed by atoms with Gasteiger partial charge in [-0.15, -0.1) is 0 Å². The van der Waals surface area contributed by atoms with Crippen LogP contribution in [-0.2, 0) is 38.1 Å². The van der Waals surface area contributed by atoms with Crippen LogP contribution in [0.25, 0.3) is 0 Å². The number of anilines is 1. The molecule has 2 fully saturated rings. The first-order chi connectivity index (χ1) is 38.4. The molecule has 3 aliphatic rings. The van der Waals surface area contributed by atoms with Crippen molar-refractivity contribution in [2.24, 2.45) is 23.5 Å². The Bertz CT molecular complexity index is 2320. The summed E-state index contributed by atoms with van der Waals surface area (Å²) in [6, 6.07) is 5.72. The average molecular weight is 1140 g/mol. The van der Waals surface area contributed by atoms with Gasteiger partial charge in [0, 0.05) is 56.3 Å². The van der Waals surface area contributed by atoms with Crippen LogP contribution in [0.2, 0.25) is 0 Å². The number of cyclic esters (lactones) is 1. The standard InChI is InChI=1S/C60H88N2O19/c1-36-19-17-15-13-11-9-7-6-8-10-12-14-16-18-20-50(79-59-55(74)53(61)54(73)38(3)78-59)57-52(58(75)77-5)49(71)35-60(76,81-57)34-47(69)31-45(67)29-43(65)27-42(64)28-44(66)30-46(68)33-51(72)80-56(36)37(2)21-26-41(63)32-48(70)39-22-24-40(62-4)25-23-39/h6-19,22-25,36-38,41-43,45-47,49-50,52-57,59,62-65,67-69,71,73-74,76H,20-21,26-35,61H2,1-5H3/b7-6+,10-8+,11-9+,14-12+,15-13+,18-16+,19-17+/t36?,37?,38-,41?,42?,43?,45?,46?,47?,49?,50?,52?,53+,54-,55+,56?,57?,59?,60?/m1/s1. The summed E-state index contributed by atoms with van der Waals surface area (Å²) in [5.41, 5.74) is 7.40. The van der Waals surface area contributed by atoms with E-state index in [1.54, 1.807) is 110 Å². The number of Topliss-reactive ketones (excluding diaryl/α,β-unsaturated/α-hetero) is 2. The number of aliphatic hydroxyl groups is 10. The van der Waals surface area contributed by atoms with E-state index >= 15 is 0 Å². The molecule has 21 nitrogen and oxygen atoms in total. The number of hydrogen-bond donors (Lipinski definition) is 12. The molecule has 81 heavy (non-hydrogen) atoms. The minimum absolute atomic E-state index is 0.0754. The molecule has 19 atom stereocenters. The second-order valence-electron chi connectivity index (χ2n) is 21.6. The molecule has 21 heteroatoms. The fraction of sp³-hybridized carbons (Fsp3) is 0.600. The number of aliphatic hydroxyl groups excluding tert-OH is 9. The Morgan fingerprint density at radius 2 is 1.32 bits per heavy atom. The van der Waals surface area contributed by atoms with Crippen molar-refractivity contribution >= 4 is 29.2 Å². The number of nitrogens with two attached hydrogens (primary N) is 1. The van der Waals surface area contributed by atoms with E-state index in [1.807, 2.05) is 19.9 Å². The van der Waals surface area contributed by atoms with E-state index in [0.717, 1.165) is 12.8 Å². The molecule has 2 bridgehead atoms. The number of nitrogens with one attached hydrogen (secondary N) is 1. The Morgan fingerprint density at radius 3 is 1.93 bits per heavy atom. The molecule has 452 valence electrons. The van der Waals surface area contributed by atoms with Crippen LogP contribution in [0.3, 0.4) is 0 Å². The fourth-order valence-electron chi connectivity index (χ4n) is 10.2. The van der Waals surface area contributed by atoms with Gasteiger partial charge in [-0.05, 0) is 75.6 Å². The lowest BCUT2D eigenvalue weighted by Crippen LogP contribution is -2.63. The van der Waals surface area contributed by atoms with Gasteiger partial charge in [0.15, 0.2) is 17.9 Å². The summed E-state index contributed by atoms with van der Waals surface area (Å²) in [7, 11) is 2.86. The van der Waals surface area contributed by atoms with E-state index in [2.05, 4.69) is 5.32 Å². The van der Waals surface area contributed by atoms with E-state index in [4.69, 9.17) is 29.4 Å². The van der Waals surface area contributed by atoms with Crippen LogP contribution in [0.15, 0.2) is 109 Å². The molecule has 1 aromatic rings. The molecular weight excluding hydrogens is 1050 g/mol. The summed E-state index contributed by atoms with van der Waals surface area (Å²) < 4.78 is 29.1. The highest BCUT2D eigenvalue weighted by atomic mass is 16.7. The van der Waals surface area contributed by atoms with E-state index < -0.39 is 172 Å². The quantitative estimate of drug-likeness (QED) is 0.112. The molecule has 15 unspecified atom stereocenters. The molecule has 0 aromatic heterocycles. The number of fused-ring (bicyclic) bond motifs is 2. The molecule has 1 aromatic carbocycles. The molecule has 13 N–H and O–H groups in total. The first-order valence-electron chi connectivity index (χ1n) is 27.8. The Kier molecular flexibility index (Phi) is 29.1. The molecule has 0 amide bonds. The van der Waals surface area contributed by atoms with Crippen LogP contribution < -0.4 is 11.1 Å². The van der Waals surface area contributed by atoms with Gasteiger partial charge in [0.2, 0.25) is 0 Å². The van der Waals surface area contributed by atoms with Crippen LogP contribution in [0.5, 0.6) is 0 Å². The molecule has 0 saturated carbocycles. The van der Waals surface area contributed by atoms with Crippen molar-refractivity contribution in [2.45, 2.75) is 195 Å². The predicted molar refractivity (Wildman–Crippen MR) is 299 cm³/mol. The van der Waals surface area contributed by atoms with Gasteiger partial charge in [0.25, 0.3) is 0 Å². The van der Waals surface area contributed by atoms with Crippen molar-refractivity contribution in [3.8, 4) is 0 Å². The summed E-state index contributed by atoms with van der Waals surface area (Å²) in [5.74, 6) is -7.06. The number of methoxy groups -OCH3 is 1. The molecule has 2 saturated heterocycles. The predicted octanol–water partition coefficient (Wildman–Crippen LogP) is 2.83. The minimum Gasteiger partial charge on any atom is -0.469 e. The molecule has 4 rings (SSSR count). The number of carbonyl (C=O) groups is 4. The first-order valence-corrected chi connectivity index (χ1v) is 27.8. The maximum Gasteiger partial charge on any atom is 0.314 e. The highest BCUT2D eigenvalue weighted by molar-refractivity contribution is 5.96. The van der Waals surface area contributed by atoms with Crippen LogP contribution >= 0.6 is 0 Å². The molecule has 0 radical (unpaired) electrons. The van der Waals surface area contributed by atoms with Gasteiger partial charge in [0.1, 0.15) is 30.0 Å². The second-order valence-corrected chi connectivity index (χ2v) is 21.6. The van der Waals surface area contributed by atoms with E-state index in [1.165, 1.54) is 6.92 Å². The van der Waals surface area contributed by atoms with Crippen molar-refractivity contribution in [1.29, 1.82) is 0 Å². The number of rotatable bonds is 11. The Morgan fingerprint density at radius 1 is 0.753 bits per heavy atom. The monoisotopic (exact) mass is 1140 g/mol. The summed E-state index contributed by atoms with van der Waals surface area (Å²) in [6.45, 7) is 5.22. The van der Waals surface area contributed by atoms with Crippen molar-refractivity contribution in [3.63, 3.8) is 0 Å². The largest absolute Gasteiger partial charge is 0.469 e. The second kappa shape index (κ2) is 34.5. The highest BCUT2D eigenvalue weighted by Crippen LogP contribution is 2.40. The number of allylic oxidation sites excluding steroid dienone is 12. The normalized spacial score (nSPS) is 37.7. The summed E-state index contributed by atoms with van der Waals surface area (Å²) in [5, 5.41) is 113. The lowest BCUT2D eigenvalue weighted by atomic mass is 9.82. The van der Waals surface area contributed by atoms with Gasteiger partial charge in [-0.1, -0.05) is 98.9 Å². The lowest BCUT2D eigenvalue weighted by molar-refractivity contribution is -0.338. The van der Waals surface area contributed by atoms with Crippen molar-refractivity contribution in [2.75, 3.05) is 19.5 Å². The number of ketones is 2. The summed E-state index contributed by atoms with van der Waals surface area (Å²) in [4.78, 5) is 52.5. The lowest BCUT2D eigenvalue weighted by Gasteiger charge is -2.48. The molecule has 0 aliphatic carbocycles. The van der Waals surface area contributed by atoms with Crippen molar-refractivity contribution in [1.82, 2.24) is 0 Å². The summed E-state index contributed by atoms with van der Waals surface area (Å²) >= 11 is 0. The Labute approximate surface area is 474 Å². The van der Waals surface area contributed by atoms with E-state index in [9.17, 15) is 70.2 Å². The first kappa shape index (κ1) is 68.4. The average Bonchev–Trinajstić information content (AvgIpc) is 3.53. The van der Waals surface area contributed by atoms with Crippen LogP contribution in [0.1, 0.15) is 108 Å². The molecule has 3 aliphatic heterocycles. The summed E-state index contributed by atoms with van der Waals surface area (Å²) in [6.07, 6.45) is 2.45. The van der Waals surface area contributed by atoms with Gasteiger partial charge in [-0.25, -0.2) is 0 Å². The maximum atomic E-state index is 13.3. The van der Waals surface area contributed by atoms with Gasteiger partial charge in [-0.2, -0.15) is 0 Å². The minimum atomic E-state index is -2.36. The third kappa shape index (κ3) is 23.2. The molecule has 3 heterocycles. The third-order valence-corrected chi connectivity index (χ3v) is 14.6. The zero-order valence-corrected chi connectivity index (χ0v) is 47.0. The number of ether oxygens (including phenoxy) is 5. The van der Waals surface area contributed by atoms with Crippen LogP contribution in [-0.4, -0.2) is 186 Å². The fourth-order valence-corrected chi connectivity index (χ4v) is 10.2. The zero-order valence-electron chi connectivity index (χ0n) is 47.0. The smallest absolute Gasteiger partial charge is 0.314 e. The highest BCUT2D eigenvalue weighted by Gasteiger charge is 2.54. The van der Waals surface area contributed by atoms with Crippen LogP contribution in [0.4, 0.5) is 5.69 Å². The maximum absolute atomic E-state index is 13.3. The van der Waals surface area contributed by atoms with Gasteiger partial charge in [0.05, 0.1) is 80.6 Å². The zero-order chi connectivity index (χ0) is 59.8. The topological polar surface area (TPSA) is 355 Å². The van der Waals surface area contributed by atoms with Gasteiger partial charge < -0.3 is 85.8 Å². The Hall–Kier alpha value is -5.08. The number of esters is 2. The van der Waals surface area contributed by atoms with E-state index in [0.29, 0.717) is 12.0 Å².